The molecule has 0 aromatic heterocycles. The van der Waals surface area contributed by atoms with Gasteiger partial charge in [0.15, 0.2) is 0 Å². The third kappa shape index (κ3) is 5.46. The number of amides is 1. The van der Waals surface area contributed by atoms with E-state index < -0.39 is 10.0 Å². The van der Waals surface area contributed by atoms with Crippen LogP contribution in [-0.4, -0.2) is 69.9 Å². The summed E-state index contributed by atoms with van der Waals surface area (Å²) in [5.41, 5.74) is 1.62. The molecule has 0 atom stereocenters. The Morgan fingerprint density at radius 2 is 1.75 bits per heavy atom. The third-order valence-corrected chi connectivity index (χ3v) is 7.39. The number of hydrogen-bond donors (Lipinski definition) is 0. The Balaban J connectivity index is 1.65. The van der Waals surface area contributed by atoms with Gasteiger partial charge in [-0.2, -0.15) is 9.57 Å². The zero-order valence-corrected chi connectivity index (χ0v) is 19.2. The summed E-state index contributed by atoms with van der Waals surface area (Å²) in [7, 11) is -2.01. The Kier molecular flexibility index (Phi) is 7.85. The molecule has 170 valence electrons. The van der Waals surface area contributed by atoms with Gasteiger partial charge in [0.1, 0.15) is 5.75 Å². The SMILES string of the molecule is COc1ccccc1N(CCC#N)C(=O)CN1CCN(S(=O)(=O)c2ccc(C)cc2)CC1. The van der Waals surface area contributed by atoms with Crippen molar-refractivity contribution in [1.82, 2.24) is 9.21 Å². The summed E-state index contributed by atoms with van der Waals surface area (Å²) < 4.78 is 32.6. The van der Waals surface area contributed by atoms with E-state index in [0.717, 1.165) is 5.56 Å². The van der Waals surface area contributed by atoms with Crippen LogP contribution in [0.1, 0.15) is 12.0 Å². The largest absolute Gasteiger partial charge is 0.495 e. The van der Waals surface area contributed by atoms with Crippen LogP contribution in [0.3, 0.4) is 0 Å². The highest BCUT2D eigenvalue weighted by molar-refractivity contribution is 7.89. The molecule has 3 rings (SSSR count). The van der Waals surface area contributed by atoms with Crippen LogP contribution in [0.5, 0.6) is 5.75 Å². The molecule has 1 saturated heterocycles. The summed E-state index contributed by atoms with van der Waals surface area (Å²) in [4.78, 5) is 16.9. The molecule has 0 bridgehead atoms. The van der Waals surface area contributed by atoms with Gasteiger partial charge in [0.05, 0.1) is 36.7 Å². The van der Waals surface area contributed by atoms with Crippen molar-refractivity contribution < 1.29 is 17.9 Å². The van der Waals surface area contributed by atoms with Crippen LogP contribution in [0.2, 0.25) is 0 Å². The minimum absolute atomic E-state index is 0.141. The van der Waals surface area contributed by atoms with Crippen LogP contribution >= 0.6 is 0 Å². The summed E-state index contributed by atoms with van der Waals surface area (Å²) in [5, 5.41) is 9.01. The second-order valence-electron chi connectivity index (χ2n) is 7.62. The Morgan fingerprint density at radius 1 is 1.09 bits per heavy atom. The molecule has 9 heteroatoms. The first-order valence-electron chi connectivity index (χ1n) is 10.5. The maximum absolute atomic E-state index is 13.1. The van der Waals surface area contributed by atoms with Crippen molar-refractivity contribution in [3.63, 3.8) is 0 Å². The molecule has 0 unspecified atom stereocenters. The van der Waals surface area contributed by atoms with E-state index in [4.69, 9.17) is 10.00 Å². The number of piperazine rings is 1. The molecule has 0 aliphatic carbocycles. The van der Waals surface area contributed by atoms with E-state index in [1.54, 1.807) is 48.4 Å². The second kappa shape index (κ2) is 10.6. The van der Waals surface area contributed by atoms with Crippen LogP contribution in [0.25, 0.3) is 0 Å². The highest BCUT2D eigenvalue weighted by atomic mass is 32.2. The second-order valence-corrected chi connectivity index (χ2v) is 9.56. The van der Waals surface area contributed by atoms with Crippen molar-refractivity contribution in [2.24, 2.45) is 0 Å². The number of ether oxygens (including phenoxy) is 1. The average Bonchev–Trinajstić information content (AvgIpc) is 2.80. The zero-order valence-electron chi connectivity index (χ0n) is 18.4. The minimum Gasteiger partial charge on any atom is -0.495 e. The van der Waals surface area contributed by atoms with E-state index in [-0.39, 0.29) is 30.3 Å². The first-order chi connectivity index (χ1) is 15.4. The highest BCUT2D eigenvalue weighted by Gasteiger charge is 2.30. The highest BCUT2D eigenvalue weighted by Crippen LogP contribution is 2.28. The topological polar surface area (TPSA) is 93.9 Å². The fourth-order valence-corrected chi connectivity index (χ4v) is 5.08. The number of carbonyl (C=O) groups excluding carboxylic acids is 1. The number of para-hydroxylation sites is 2. The van der Waals surface area contributed by atoms with Gasteiger partial charge < -0.3 is 9.64 Å². The van der Waals surface area contributed by atoms with E-state index in [0.29, 0.717) is 37.6 Å². The molecule has 1 aliphatic heterocycles. The number of hydrogen-bond acceptors (Lipinski definition) is 6. The Morgan fingerprint density at radius 3 is 2.38 bits per heavy atom. The van der Waals surface area contributed by atoms with Gasteiger partial charge in [-0.3, -0.25) is 9.69 Å². The number of benzene rings is 2. The van der Waals surface area contributed by atoms with Gasteiger partial charge in [-0.05, 0) is 31.2 Å². The number of aryl methyl sites for hydroxylation is 1. The zero-order chi connectivity index (χ0) is 23.1. The fourth-order valence-electron chi connectivity index (χ4n) is 3.66. The number of nitriles is 1. The normalized spacial score (nSPS) is 15.2. The Hall–Kier alpha value is -2.93. The lowest BCUT2D eigenvalue weighted by Gasteiger charge is -2.34. The molecule has 2 aromatic rings. The number of nitrogens with zero attached hydrogens (tertiary/aromatic N) is 4. The van der Waals surface area contributed by atoms with Crippen molar-refractivity contribution in [3.05, 3.63) is 54.1 Å². The van der Waals surface area contributed by atoms with E-state index in [1.807, 2.05) is 24.0 Å². The lowest BCUT2D eigenvalue weighted by molar-refractivity contribution is -0.120. The number of rotatable bonds is 8. The average molecular weight is 457 g/mol. The molecule has 1 amide bonds. The van der Waals surface area contributed by atoms with Gasteiger partial charge in [0, 0.05) is 32.7 Å². The van der Waals surface area contributed by atoms with E-state index in [9.17, 15) is 13.2 Å². The number of sulfonamides is 1. The molecular weight excluding hydrogens is 428 g/mol. The van der Waals surface area contributed by atoms with Crippen LogP contribution in [0.15, 0.2) is 53.4 Å². The van der Waals surface area contributed by atoms with Crippen molar-refractivity contribution in [2.45, 2.75) is 18.2 Å². The van der Waals surface area contributed by atoms with Gasteiger partial charge in [-0.15, -0.1) is 0 Å². The molecule has 32 heavy (non-hydrogen) atoms. The van der Waals surface area contributed by atoms with Crippen molar-refractivity contribution >= 4 is 21.6 Å². The summed E-state index contributed by atoms with van der Waals surface area (Å²) in [6.07, 6.45) is 0.201. The Bertz CT molecular complexity index is 1070. The molecule has 0 saturated carbocycles. The summed E-state index contributed by atoms with van der Waals surface area (Å²) in [5.74, 6) is 0.410. The molecule has 0 spiro atoms. The van der Waals surface area contributed by atoms with E-state index in [2.05, 4.69) is 6.07 Å². The molecule has 1 heterocycles. The van der Waals surface area contributed by atoms with Crippen LogP contribution in [0.4, 0.5) is 5.69 Å². The smallest absolute Gasteiger partial charge is 0.243 e. The van der Waals surface area contributed by atoms with Crippen LogP contribution < -0.4 is 9.64 Å². The Labute approximate surface area is 189 Å². The van der Waals surface area contributed by atoms with Crippen molar-refractivity contribution in [1.29, 1.82) is 5.26 Å². The predicted molar refractivity (Wildman–Crippen MR) is 122 cm³/mol. The van der Waals surface area contributed by atoms with E-state index >= 15 is 0 Å². The maximum Gasteiger partial charge on any atom is 0.243 e. The standard InChI is InChI=1S/C23H28N4O4S/c1-19-8-10-20(11-9-19)32(29,30)26-16-14-25(15-17-26)18-23(28)27(13-5-12-24)21-6-3-4-7-22(21)31-2/h3-4,6-11H,5,13-18H2,1-2H3. The number of methoxy groups -OCH3 is 1. The first kappa shape index (κ1) is 23.7. The third-order valence-electron chi connectivity index (χ3n) is 5.47. The molecule has 1 fully saturated rings. The summed E-state index contributed by atoms with van der Waals surface area (Å²) in [6.45, 7) is 3.85. The van der Waals surface area contributed by atoms with Gasteiger partial charge in [-0.25, -0.2) is 8.42 Å². The predicted octanol–water partition coefficient (Wildman–Crippen LogP) is 2.26. The van der Waals surface area contributed by atoms with Crippen LogP contribution in [0, 0.1) is 18.3 Å². The molecular formula is C23H28N4O4S. The van der Waals surface area contributed by atoms with Crippen molar-refractivity contribution in [3.8, 4) is 11.8 Å². The van der Waals surface area contributed by atoms with Gasteiger partial charge in [0.2, 0.25) is 15.9 Å². The fraction of sp³-hybridized carbons (Fsp3) is 0.391. The van der Waals surface area contributed by atoms with Gasteiger partial charge in [-0.1, -0.05) is 29.8 Å². The molecule has 0 N–H and O–H groups in total. The summed E-state index contributed by atoms with van der Waals surface area (Å²) >= 11 is 0. The molecule has 8 nitrogen and oxygen atoms in total. The lowest BCUT2D eigenvalue weighted by Crippen LogP contribution is -2.51. The summed E-state index contributed by atoms with van der Waals surface area (Å²) in [6, 6.07) is 16.1. The monoisotopic (exact) mass is 456 g/mol. The van der Waals surface area contributed by atoms with Crippen molar-refractivity contribution in [2.75, 3.05) is 51.3 Å². The maximum atomic E-state index is 13.1. The molecule has 2 aromatic carbocycles. The van der Waals surface area contributed by atoms with Gasteiger partial charge >= 0.3 is 0 Å². The minimum atomic E-state index is -3.55. The first-order valence-corrected chi connectivity index (χ1v) is 11.9. The molecule has 0 radical (unpaired) electrons. The lowest BCUT2D eigenvalue weighted by atomic mass is 10.2. The molecule has 1 aliphatic rings. The van der Waals surface area contributed by atoms with E-state index in [1.165, 1.54) is 4.31 Å². The number of carbonyl (C=O) groups is 1. The van der Waals surface area contributed by atoms with Crippen LogP contribution in [-0.2, 0) is 14.8 Å². The number of anilines is 1. The quantitative estimate of drug-likeness (QED) is 0.605. The van der Waals surface area contributed by atoms with Gasteiger partial charge in [0.25, 0.3) is 0 Å².